The van der Waals surface area contributed by atoms with E-state index in [1.54, 1.807) is 6.07 Å². The Bertz CT molecular complexity index is 606. The van der Waals surface area contributed by atoms with Crippen LogP contribution >= 0.6 is 50.1 Å². The van der Waals surface area contributed by atoms with Gasteiger partial charge in [-0.05, 0) is 50.7 Å². The highest BCUT2D eigenvalue weighted by Crippen LogP contribution is 2.35. The molecule has 0 unspecified atom stereocenters. The molecule has 0 aliphatic heterocycles. The van der Waals surface area contributed by atoms with Crippen molar-refractivity contribution in [3.63, 3.8) is 0 Å². The molecule has 0 saturated heterocycles. The van der Waals surface area contributed by atoms with E-state index in [0.29, 0.717) is 10.9 Å². The molecule has 82 valence electrons. The second-order valence-corrected chi connectivity index (χ2v) is 5.48. The zero-order chi connectivity index (χ0) is 11.9. The first-order chi connectivity index (χ1) is 7.50. The van der Waals surface area contributed by atoms with Gasteiger partial charge < -0.3 is 0 Å². The first kappa shape index (κ1) is 12.0. The smallest absolute Gasteiger partial charge is 0.258 e. The molecule has 2 rings (SSSR count). The van der Waals surface area contributed by atoms with Gasteiger partial charge in [0.2, 0.25) is 0 Å². The van der Waals surface area contributed by atoms with Crippen molar-refractivity contribution >= 4 is 66.7 Å². The highest BCUT2D eigenvalue weighted by atomic mass is 127. The molecule has 1 aromatic carbocycles. The number of halogens is 3. The largest absolute Gasteiger partial charge is 0.306 e. The number of benzene rings is 1. The predicted molar refractivity (Wildman–Crippen MR) is 73.8 cm³/mol. The minimum absolute atomic E-state index is 0.120. The molecule has 0 bridgehead atoms. The lowest BCUT2D eigenvalue weighted by Gasteiger charge is -2.03. The molecule has 0 N–H and O–H groups in total. The fourth-order valence-electron chi connectivity index (χ4n) is 1.31. The zero-order valence-corrected chi connectivity index (χ0v) is 12.1. The third kappa shape index (κ3) is 2.01. The molecule has 0 spiro atoms. The van der Waals surface area contributed by atoms with Crippen LogP contribution in [0.25, 0.3) is 10.9 Å². The maximum atomic E-state index is 10.7. The van der Waals surface area contributed by atoms with Gasteiger partial charge in [0.15, 0.2) is 0 Å². The van der Waals surface area contributed by atoms with Crippen LogP contribution in [0.3, 0.4) is 0 Å². The Morgan fingerprint density at radius 3 is 2.81 bits per heavy atom. The second kappa shape index (κ2) is 4.42. The summed E-state index contributed by atoms with van der Waals surface area (Å²) in [5, 5.41) is 11.4. The standard InChI is InChI=1S/C9H3BrClIN2O2/c10-6-2-4(12)1-5-8(11)7(14(15)16)3-13-9(5)6/h1-3H. The minimum atomic E-state index is -0.539. The molecule has 0 amide bonds. The highest BCUT2D eigenvalue weighted by molar-refractivity contribution is 14.1. The molecule has 0 atom stereocenters. The Labute approximate surface area is 117 Å². The molecule has 0 aliphatic carbocycles. The normalized spacial score (nSPS) is 10.7. The number of aromatic nitrogens is 1. The van der Waals surface area contributed by atoms with Gasteiger partial charge in [0.25, 0.3) is 0 Å². The van der Waals surface area contributed by atoms with Gasteiger partial charge in [-0.3, -0.25) is 10.1 Å². The van der Waals surface area contributed by atoms with Crippen molar-refractivity contribution < 1.29 is 4.92 Å². The summed E-state index contributed by atoms with van der Waals surface area (Å²) in [6, 6.07) is 3.64. The number of hydrogen-bond acceptors (Lipinski definition) is 3. The summed E-state index contributed by atoms with van der Waals surface area (Å²) < 4.78 is 1.70. The van der Waals surface area contributed by atoms with Crippen LogP contribution in [-0.4, -0.2) is 9.91 Å². The van der Waals surface area contributed by atoms with Gasteiger partial charge >= 0.3 is 5.69 Å². The van der Waals surface area contributed by atoms with E-state index < -0.39 is 4.92 Å². The van der Waals surface area contributed by atoms with Gasteiger partial charge in [0.05, 0.1) is 10.4 Å². The Morgan fingerprint density at radius 1 is 1.50 bits per heavy atom. The van der Waals surface area contributed by atoms with E-state index in [-0.39, 0.29) is 10.7 Å². The van der Waals surface area contributed by atoms with Crippen LogP contribution in [0.15, 0.2) is 22.8 Å². The Hall–Kier alpha value is -0.470. The number of pyridine rings is 1. The predicted octanol–water partition coefficient (Wildman–Crippen LogP) is 4.16. The zero-order valence-electron chi connectivity index (χ0n) is 7.58. The Kier molecular flexibility index (Phi) is 3.32. The number of rotatable bonds is 1. The minimum Gasteiger partial charge on any atom is -0.258 e. The fourth-order valence-corrected chi connectivity index (χ4v) is 3.19. The lowest BCUT2D eigenvalue weighted by Crippen LogP contribution is -1.92. The van der Waals surface area contributed by atoms with Gasteiger partial charge in [0.1, 0.15) is 11.2 Å². The summed E-state index contributed by atoms with van der Waals surface area (Å²) in [6.07, 6.45) is 1.17. The summed E-state index contributed by atoms with van der Waals surface area (Å²) >= 11 is 11.4. The summed E-state index contributed by atoms with van der Waals surface area (Å²) in [7, 11) is 0. The van der Waals surface area contributed by atoms with Crippen LogP contribution in [0.2, 0.25) is 5.02 Å². The molecular weight excluding hydrogens is 410 g/mol. The van der Waals surface area contributed by atoms with Crippen LogP contribution in [0.4, 0.5) is 5.69 Å². The van der Waals surface area contributed by atoms with Crippen molar-refractivity contribution in [1.29, 1.82) is 0 Å². The highest BCUT2D eigenvalue weighted by Gasteiger charge is 2.17. The molecule has 0 saturated carbocycles. The fraction of sp³-hybridized carbons (Fsp3) is 0. The van der Waals surface area contributed by atoms with Crippen molar-refractivity contribution in [2.24, 2.45) is 0 Å². The number of nitrogens with zero attached hydrogens (tertiary/aromatic N) is 2. The van der Waals surface area contributed by atoms with Gasteiger partial charge in [-0.1, -0.05) is 11.6 Å². The second-order valence-electron chi connectivity index (χ2n) is 3.00. The number of fused-ring (bicyclic) bond motifs is 1. The van der Waals surface area contributed by atoms with Gasteiger partial charge in [-0.2, -0.15) is 0 Å². The summed E-state index contributed by atoms with van der Waals surface area (Å²) in [6.45, 7) is 0. The van der Waals surface area contributed by atoms with E-state index in [9.17, 15) is 10.1 Å². The summed E-state index contributed by atoms with van der Waals surface area (Å²) in [4.78, 5) is 14.2. The third-order valence-electron chi connectivity index (χ3n) is 2.00. The van der Waals surface area contributed by atoms with Crippen LogP contribution in [0.5, 0.6) is 0 Å². The van der Waals surface area contributed by atoms with E-state index in [1.165, 1.54) is 6.20 Å². The van der Waals surface area contributed by atoms with Crippen LogP contribution < -0.4 is 0 Å². The lowest BCUT2D eigenvalue weighted by molar-refractivity contribution is -0.384. The molecule has 1 heterocycles. The van der Waals surface area contributed by atoms with Crippen LogP contribution in [-0.2, 0) is 0 Å². The maximum absolute atomic E-state index is 10.7. The van der Waals surface area contributed by atoms with Crippen molar-refractivity contribution in [2.45, 2.75) is 0 Å². The van der Waals surface area contributed by atoms with Gasteiger partial charge in [-0.25, -0.2) is 4.98 Å². The molecule has 7 heteroatoms. The van der Waals surface area contributed by atoms with Crippen molar-refractivity contribution in [2.75, 3.05) is 0 Å². The maximum Gasteiger partial charge on any atom is 0.306 e. The number of nitro groups is 1. The summed E-state index contributed by atoms with van der Waals surface area (Å²) in [5.41, 5.74) is 0.444. The first-order valence-electron chi connectivity index (χ1n) is 4.08. The molecule has 0 fully saturated rings. The molecule has 16 heavy (non-hydrogen) atoms. The van der Waals surface area contributed by atoms with E-state index in [2.05, 4.69) is 43.5 Å². The molecule has 2 aromatic rings. The topological polar surface area (TPSA) is 56.0 Å². The van der Waals surface area contributed by atoms with Crippen LogP contribution in [0.1, 0.15) is 0 Å². The van der Waals surface area contributed by atoms with E-state index in [1.807, 2.05) is 6.07 Å². The lowest BCUT2D eigenvalue weighted by atomic mass is 10.2. The first-order valence-corrected chi connectivity index (χ1v) is 6.33. The third-order valence-corrected chi connectivity index (χ3v) is 3.63. The monoisotopic (exact) mass is 412 g/mol. The van der Waals surface area contributed by atoms with Gasteiger partial charge in [0, 0.05) is 13.4 Å². The van der Waals surface area contributed by atoms with Crippen LogP contribution in [0, 0.1) is 13.7 Å². The van der Waals surface area contributed by atoms with E-state index in [0.717, 1.165) is 8.04 Å². The van der Waals surface area contributed by atoms with Gasteiger partial charge in [-0.15, -0.1) is 0 Å². The molecule has 4 nitrogen and oxygen atoms in total. The SMILES string of the molecule is O=[N+]([O-])c1cnc2c(Br)cc(I)cc2c1Cl. The Balaban J connectivity index is 2.89. The average Bonchev–Trinajstić information content (AvgIpc) is 2.19. The summed E-state index contributed by atoms with van der Waals surface area (Å²) in [5.74, 6) is 0. The van der Waals surface area contributed by atoms with Crippen molar-refractivity contribution in [3.8, 4) is 0 Å². The molecular formula is C9H3BrClIN2O2. The van der Waals surface area contributed by atoms with Crippen molar-refractivity contribution in [1.82, 2.24) is 4.98 Å². The van der Waals surface area contributed by atoms with E-state index in [4.69, 9.17) is 11.6 Å². The number of hydrogen-bond donors (Lipinski definition) is 0. The Morgan fingerprint density at radius 2 is 2.19 bits per heavy atom. The average molecular weight is 413 g/mol. The molecule has 0 aliphatic rings. The molecule has 0 radical (unpaired) electrons. The molecule has 1 aromatic heterocycles. The van der Waals surface area contributed by atoms with E-state index >= 15 is 0 Å². The quantitative estimate of drug-likeness (QED) is 0.401. The van der Waals surface area contributed by atoms with Crippen molar-refractivity contribution in [3.05, 3.63) is 41.5 Å².